The van der Waals surface area contributed by atoms with E-state index < -0.39 is 23.5 Å². The molecule has 4 heterocycles. The summed E-state index contributed by atoms with van der Waals surface area (Å²) in [6, 6.07) is 20.5. The number of primary amides is 1. The highest BCUT2D eigenvalue weighted by molar-refractivity contribution is 7.22. The lowest BCUT2D eigenvalue weighted by Gasteiger charge is -2.34. The van der Waals surface area contributed by atoms with E-state index in [-0.39, 0.29) is 41.1 Å². The normalized spacial score (nSPS) is 13.5. The molecule has 2 aromatic heterocycles. The summed E-state index contributed by atoms with van der Waals surface area (Å²) >= 11 is 2.51. The molecule has 9 N–H and O–H groups in total. The maximum atomic E-state index is 13.4. The van der Waals surface area contributed by atoms with Crippen LogP contribution in [-0.2, 0) is 4.74 Å². The van der Waals surface area contributed by atoms with Crippen LogP contribution in [0.1, 0.15) is 48.4 Å². The second-order valence-corrected chi connectivity index (χ2v) is 16.0. The minimum Gasteiger partial charge on any atom is -0.462 e. The summed E-state index contributed by atoms with van der Waals surface area (Å²) in [5, 5.41) is 6.37. The molecule has 0 atom stereocenters. The van der Waals surface area contributed by atoms with Gasteiger partial charge in [-0.05, 0) is 79.7 Å². The fourth-order valence-electron chi connectivity index (χ4n) is 6.63. The van der Waals surface area contributed by atoms with Crippen molar-refractivity contribution in [1.29, 1.82) is 0 Å². The summed E-state index contributed by atoms with van der Waals surface area (Å²) in [5.74, 6) is -2.36. The average molecular weight is 919 g/mol. The van der Waals surface area contributed by atoms with Crippen LogP contribution in [0, 0.1) is 11.6 Å². The first-order chi connectivity index (χ1) is 29.8. The zero-order valence-electron chi connectivity index (χ0n) is 34.3. The quantitative estimate of drug-likeness (QED) is 0.147. The molecule has 0 saturated carbocycles. The zero-order chi connectivity index (χ0) is 43.9. The number of hydrogen-bond acceptors (Lipinski definition) is 12. The number of benzene rings is 4. The predicted molar refractivity (Wildman–Crippen MR) is 238 cm³/mol. The van der Waals surface area contributed by atoms with Crippen LogP contribution in [0.2, 0.25) is 0 Å². The molecule has 4 aromatic carbocycles. The first-order valence-electron chi connectivity index (χ1n) is 19.3. The number of hydrogen-bond donors (Lipinski definition) is 4. The number of aromatic nitrogens is 2. The summed E-state index contributed by atoms with van der Waals surface area (Å²) in [6.45, 7) is 4.85. The van der Waals surface area contributed by atoms with Crippen LogP contribution in [0.5, 0.6) is 0 Å². The number of piperazine rings is 2. The lowest BCUT2D eigenvalue weighted by Crippen LogP contribution is -2.51. The van der Waals surface area contributed by atoms with Gasteiger partial charge in [-0.3, -0.25) is 25.0 Å². The van der Waals surface area contributed by atoms with Gasteiger partial charge in [-0.1, -0.05) is 34.8 Å². The van der Waals surface area contributed by atoms with Gasteiger partial charge in [-0.15, -0.1) is 0 Å². The van der Waals surface area contributed by atoms with E-state index in [1.807, 2.05) is 0 Å². The first-order valence-corrected chi connectivity index (χ1v) is 21.0. The summed E-state index contributed by atoms with van der Waals surface area (Å²) in [5.41, 5.74) is 8.01. The van der Waals surface area contributed by atoms with Crippen molar-refractivity contribution in [2.75, 3.05) is 69.6 Å². The van der Waals surface area contributed by atoms with Gasteiger partial charge in [0.2, 0.25) is 5.91 Å². The van der Waals surface area contributed by atoms with E-state index in [0.717, 1.165) is 9.40 Å². The zero-order valence-corrected chi connectivity index (χ0v) is 36.0. The minimum atomic E-state index is -0.526. The van der Waals surface area contributed by atoms with Crippen molar-refractivity contribution >= 4 is 89.1 Å². The molecule has 7 amide bonds. The molecular formula is C42H44F2N10O8S2. The number of rotatable bonds is 7. The number of nitrogens with zero attached hydrogens (tertiary/aromatic N) is 6. The monoisotopic (exact) mass is 918 g/mol. The molecular weight excluding hydrogens is 875 g/mol. The summed E-state index contributed by atoms with van der Waals surface area (Å²) < 4.78 is 33.2. The molecule has 336 valence electrons. The number of ether oxygens (including phenoxy) is 1. The number of anilines is 2. The predicted octanol–water partition coefficient (Wildman–Crippen LogP) is 5.46. The third-order valence-corrected chi connectivity index (χ3v) is 11.7. The van der Waals surface area contributed by atoms with Crippen molar-refractivity contribution in [3.8, 4) is 0 Å². The summed E-state index contributed by atoms with van der Waals surface area (Å²) in [4.78, 5) is 88.6. The van der Waals surface area contributed by atoms with Crippen molar-refractivity contribution < 1.29 is 47.8 Å². The molecule has 0 unspecified atom stereocenters. The molecule has 64 heavy (non-hydrogen) atoms. The first kappa shape index (κ1) is 47.9. The Morgan fingerprint density at radius 3 is 1.42 bits per heavy atom. The minimum absolute atomic E-state index is 0. The van der Waals surface area contributed by atoms with E-state index in [4.69, 9.17) is 10.5 Å². The Morgan fingerprint density at radius 2 is 1.02 bits per heavy atom. The van der Waals surface area contributed by atoms with E-state index in [1.54, 1.807) is 75.1 Å². The van der Waals surface area contributed by atoms with Crippen molar-refractivity contribution in [1.82, 2.24) is 35.7 Å². The topological polar surface area (TPSA) is 267 Å². The number of amides is 7. The Morgan fingerprint density at radius 1 is 0.609 bits per heavy atom. The van der Waals surface area contributed by atoms with Gasteiger partial charge in [0.1, 0.15) is 11.6 Å². The van der Waals surface area contributed by atoms with Gasteiger partial charge in [-0.25, -0.2) is 33.1 Å². The summed E-state index contributed by atoms with van der Waals surface area (Å²) in [6.07, 6.45) is 0. The van der Waals surface area contributed by atoms with E-state index >= 15 is 0 Å². The maximum absolute atomic E-state index is 13.4. The lowest BCUT2D eigenvalue weighted by atomic mass is 10.2. The van der Waals surface area contributed by atoms with Crippen LogP contribution in [0.3, 0.4) is 0 Å². The Kier molecular flexibility index (Phi) is 15.9. The number of nitrogens with two attached hydrogens (primary N) is 1. The molecule has 8 rings (SSSR count). The van der Waals surface area contributed by atoms with E-state index in [1.165, 1.54) is 59.1 Å². The van der Waals surface area contributed by atoms with Gasteiger partial charge < -0.3 is 41.7 Å². The Labute approximate surface area is 372 Å². The molecule has 2 fully saturated rings. The van der Waals surface area contributed by atoms with Crippen molar-refractivity contribution in [3.05, 3.63) is 119 Å². The van der Waals surface area contributed by atoms with E-state index in [0.29, 0.717) is 97.0 Å². The molecule has 0 radical (unpaired) electrons. The highest BCUT2D eigenvalue weighted by atomic mass is 32.1. The third-order valence-electron chi connectivity index (χ3n) is 9.85. The number of thiazole rings is 2. The molecule has 22 heteroatoms. The maximum Gasteiger partial charge on any atom is 0.338 e. The van der Waals surface area contributed by atoms with E-state index in [2.05, 4.69) is 20.6 Å². The number of nitrogens with one attached hydrogen (secondary N) is 2. The van der Waals surface area contributed by atoms with Gasteiger partial charge in [0, 0.05) is 69.0 Å². The van der Waals surface area contributed by atoms with Crippen LogP contribution in [0.4, 0.5) is 28.6 Å². The fourth-order valence-corrected chi connectivity index (χ4v) is 8.41. The Bertz CT molecular complexity index is 2680. The molecule has 0 spiro atoms. The van der Waals surface area contributed by atoms with Crippen LogP contribution in [0.25, 0.3) is 20.4 Å². The second kappa shape index (κ2) is 21.3. The largest absolute Gasteiger partial charge is 0.462 e. The molecule has 6 aromatic rings. The van der Waals surface area contributed by atoms with Crippen LogP contribution >= 0.6 is 22.7 Å². The van der Waals surface area contributed by atoms with Gasteiger partial charge in [0.05, 0.1) is 32.6 Å². The Hall–Kier alpha value is -7.14. The van der Waals surface area contributed by atoms with Gasteiger partial charge >= 0.3 is 18.0 Å². The second-order valence-electron chi connectivity index (χ2n) is 13.9. The summed E-state index contributed by atoms with van der Waals surface area (Å²) in [7, 11) is 0. The molecule has 2 aliphatic heterocycles. The number of esters is 1. The molecule has 2 aliphatic rings. The van der Waals surface area contributed by atoms with Crippen molar-refractivity contribution in [2.45, 2.75) is 6.92 Å². The lowest BCUT2D eigenvalue weighted by molar-refractivity contribution is 0.0525. The van der Waals surface area contributed by atoms with Crippen LogP contribution in [0.15, 0.2) is 84.9 Å². The highest BCUT2D eigenvalue weighted by Crippen LogP contribution is 2.29. The number of fused-ring (bicyclic) bond motifs is 2. The standard InChI is InChI=1S/C22H21FN4O4S.C20H18FN5O3S.H3N.H2O/c1-2-31-20(29)15-6-7-17-18(13-15)32-21(24-17)25-22(30)27-10-8-26(9-11-27)19(28)14-4-3-5-16(23)12-14;21-14-3-1-2-13(10-14)18(28)25-6-8-26(9-7-25)20(29)24-19-23-15-5-4-12(17(22)27)11-16(15)30-19;;/h3-7,12-13H,2,8-11H2,1H3,(H,24,25,30);1-5,10-11H,6-9H2,(H2,22,27)(H,23,24,29);1H3;1H2. The molecule has 2 saturated heterocycles. The van der Waals surface area contributed by atoms with Gasteiger partial charge in [-0.2, -0.15) is 0 Å². The van der Waals surface area contributed by atoms with Gasteiger partial charge in [0.15, 0.2) is 10.3 Å². The number of carbonyl (C=O) groups excluding carboxylic acids is 6. The van der Waals surface area contributed by atoms with Crippen molar-refractivity contribution in [2.24, 2.45) is 5.73 Å². The smallest absolute Gasteiger partial charge is 0.338 e. The highest BCUT2D eigenvalue weighted by Gasteiger charge is 2.27. The molecule has 0 bridgehead atoms. The van der Waals surface area contributed by atoms with Crippen molar-refractivity contribution in [3.63, 3.8) is 0 Å². The average Bonchev–Trinajstić information content (AvgIpc) is 3.88. The number of carbonyl (C=O) groups is 6. The van der Waals surface area contributed by atoms with E-state index in [9.17, 15) is 37.5 Å². The Balaban J connectivity index is 0.000000234. The van der Waals surface area contributed by atoms with Crippen LogP contribution in [-0.4, -0.2) is 130 Å². The fraction of sp³-hybridized carbons (Fsp3) is 0.238. The van der Waals surface area contributed by atoms with Gasteiger partial charge in [0.25, 0.3) is 11.8 Å². The molecule has 0 aliphatic carbocycles. The van der Waals surface area contributed by atoms with Crippen LogP contribution < -0.4 is 22.5 Å². The number of halogens is 2. The SMILES string of the molecule is CCOC(=O)c1ccc2nc(NC(=O)N3CCN(C(=O)c4cccc(F)c4)CC3)sc2c1.N.NC(=O)c1ccc2nc(NC(=O)N3CCN(C(=O)c4cccc(F)c4)CC3)sc2c1.O. The number of urea groups is 2. The third kappa shape index (κ3) is 11.5. The molecule has 18 nitrogen and oxygen atoms in total.